The Hall–Kier alpha value is -1.27. The van der Waals surface area contributed by atoms with Crippen molar-refractivity contribution in [3.8, 4) is 0 Å². The lowest BCUT2D eigenvalue weighted by Crippen LogP contribution is -2.51. The molecule has 19 heavy (non-hydrogen) atoms. The summed E-state index contributed by atoms with van der Waals surface area (Å²) in [4.78, 5) is 15.9. The smallest absolute Gasteiger partial charge is 0.317 e. The minimum absolute atomic E-state index is 0.0800. The van der Waals surface area contributed by atoms with Crippen molar-refractivity contribution in [3.05, 3.63) is 28.2 Å². The largest absolute Gasteiger partial charge is 0.399 e. The third kappa shape index (κ3) is 2.69. The van der Waals surface area contributed by atoms with E-state index in [2.05, 4.69) is 32.2 Å². The van der Waals surface area contributed by atoms with E-state index in [0.717, 1.165) is 42.9 Å². The van der Waals surface area contributed by atoms with Gasteiger partial charge in [0.05, 0.1) is 6.04 Å². The van der Waals surface area contributed by atoms with Crippen LogP contribution in [0.25, 0.3) is 0 Å². The molecule has 1 aromatic rings. The number of hydrogen-bond acceptors (Lipinski definition) is 3. The van der Waals surface area contributed by atoms with Gasteiger partial charge in [0, 0.05) is 42.9 Å². The van der Waals surface area contributed by atoms with Gasteiger partial charge in [-0.1, -0.05) is 15.9 Å². The fourth-order valence-corrected chi connectivity index (χ4v) is 3.40. The number of nitrogen functional groups attached to an aromatic ring is 1. The Balaban J connectivity index is 1.66. The average molecular weight is 325 g/mol. The van der Waals surface area contributed by atoms with Crippen molar-refractivity contribution in [1.82, 2.24) is 15.1 Å². The second kappa shape index (κ2) is 5.02. The fourth-order valence-electron chi connectivity index (χ4n) is 2.84. The van der Waals surface area contributed by atoms with Gasteiger partial charge in [0.1, 0.15) is 0 Å². The van der Waals surface area contributed by atoms with Crippen molar-refractivity contribution in [2.75, 3.05) is 31.9 Å². The summed E-state index contributed by atoms with van der Waals surface area (Å²) in [5, 5.41) is 2.90. The highest BCUT2D eigenvalue weighted by molar-refractivity contribution is 9.10. The van der Waals surface area contributed by atoms with E-state index in [9.17, 15) is 4.79 Å². The van der Waals surface area contributed by atoms with Crippen LogP contribution in [0.1, 0.15) is 5.56 Å². The van der Waals surface area contributed by atoms with Gasteiger partial charge in [-0.2, -0.15) is 0 Å². The molecule has 0 saturated carbocycles. The van der Waals surface area contributed by atoms with Crippen molar-refractivity contribution < 1.29 is 4.79 Å². The van der Waals surface area contributed by atoms with Crippen LogP contribution in [0.2, 0.25) is 0 Å². The lowest BCUT2D eigenvalue weighted by Gasteiger charge is -2.36. The number of fused-ring (bicyclic) bond motifs is 1. The summed E-state index contributed by atoms with van der Waals surface area (Å²) < 4.78 is 1.01. The van der Waals surface area contributed by atoms with Crippen LogP contribution in [0.15, 0.2) is 22.7 Å². The summed E-state index contributed by atoms with van der Waals surface area (Å²) in [7, 11) is 0. The van der Waals surface area contributed by atoms with Gasteiger partial charge in [-0.3, -0.25) is 4.90 Å². The minimum Gasteiger partial charge on any atom is -0.399 e. The van der Waals surface area contributed by atoms with Crippen LogP contribution in [0, 0.1) is 0 Å². The number of halogens is 1. The number of nitrogens with zero attached hydrogens (tertiary/aromatic N) is 2. The third-order valence-electron chi connectivity index (χ3n) is 3.70. The topological polar surface area (TPSA) is 61.6 Å². The first-order chi connectivity index (χ1) is 9.11. The first kappa shape index (κ1) is 12.7. The van der Waals surface area contributed by atoms with Crippen LogP contribution in [0.4, 0.5) is 10.5 Å². The van der Waals surface area contributed by atoms with E-state index in [0.29, 0.717) is 6.04 Å². The number of benzene rings is 1. The van der Waals surface area contributed by atoms with Crippen LogP contribution in [0.3, 0.4) is 0 Å². The van der Waals surface area contributed by atoms with Crippen LogP contribution >= 0.6 is 15.9 Å². The van der Waals surface area contributed by atoms with E-state index >= 15 is 0 Å². The van der Waals surface area contributed by atoms with Crippen molar-refractivity contribution in [2.24, 2.45) is 0 Å². The molecule has 3 rings (SSSR count). The first-order valence-electron chi connectivity index (χ1n) is 6.43. The molecule has 3 N–H and O–H groups in total. The Morgan fingerprint density at radius 3 is 3.00 bits per heavy atom. The van der Waals surface area contributed by atoms with E-state index in [1.807, 2.05) is 17.0 Å². The maximum absolute atomic E-state index is 11.5. The van der Waals surface area contributed by atoms with Crippen molar-refractivity contribution in [1.29, 1.82) is 0 Å². The molecule has 2 saturated heterocycles. The van der Waals surface area contributed by atoms with Crippen molar-refractivity contribution in [3.63, 3.8) is 0 Å². The van der Waals surface area contributed by atoms with E-state index in [4.69, 9.17) is 5.73 Å². The molecule has 2 aliphatic rings. The van der Waals surface area contributed by atoms with Gasteiger partial charge < -0.3 is 16.0 Å². The van der Waals surface area contributed by atoms with Crippen LogP contribution in [0.5, 0.6) is 0 Å². The normalized spacial score (nSPS) is 23.3. The highest BCUT2D eigenvalue weighted by atomic mass is 79.9. The summed E-state index contributed by atoms with van der Waals surface area (Å²) in [6.07, 6.45) is 0. The van der Waals surface area contributed by atoms with E-state index < -0.39 is 0 Å². The number of amides is 2. The van der Waals surface area contributed by atoms with Crippen molar-refractivity contribution >= 4 is 27.6 Å². The van der Waals surface area contributed by atoms with Gasteiger partial charge >= 0.3 is 6.03 Å². The molecule has 2 amide bonds. The number of hydrogen-bond donors (Lipinski definition) is 2. The maximum atomic E-state index is 11.5. The van der Waals surface area contributed by atoms with Crippen LogP contribution in [-0.2, 0) is 6.54 Å². The zero-order chi connectivity index (χ0) is 13.4. The Morgan fingerprint density at radius 1 is 1.37 bits per heavy atom. The fraction of sp³-hybridized carbons (Fsp3) is 0.462. The Bertz CT molecular complexity index is 487. The zero-order valence-corrected chi connectivity index (χ0v) is 12.2. The number of rotatable bonds is 2. The number of carbonyl (C=O) groups excluding carboxylic acids is 1. The standard InChI is InChI=1S/C13H17BrN4O/c14-10-3-9(4-11(15)5-10)7-17-1-2-18-12(8-17)6-16-13(18)19/h3-5,12H,1-2,6-8,15H2,(H,16,19). The number of piperazine rings is 1. The highest BCUT2D eigenvalue weighted by Crippen LogP contribution is 2.21. The average Bonchev–Trinajstić information content (AvgIpc) is 2.69. The summed E-state index contributed by atoms with van der Waals surface area (Å²) >= 11 is 3.47. The van der Waals surface area contributed by atoms with Gasteiger partial charge in [0.15, 0.2) is 0 Å². The van der Waals surface area contributed by atoms with Gasteiger partial charge in [0.2, 0.25) is 0 Å². The lowest BCUT2D eigenvalue weighted by atomic mass is 10.1. The second-order valence-electron chi connectivity index (χ2n) is 5.16. The number of urea groups is 1. The molecule has 5 nitrogen and oxygen atoms in total. The zero-order valence-electron chi connectivity index (χ0n) is 10.6. The molecule has 2 heterocycles. The molecule has 0 bridgehead atoms. The van der Waals surface area contributed by atoms with Gasteiger partial charge in [-0.05, 0) is 23.8 Å². The summed E-state index contributed by atoms with van der Waals surface area (Å²) in [5.41, 5.74) is 7.84. The minimum atomic E-state index is 0.0800. The summed E-state index contributed by atoms with van der Waals surface area (Å²) in [5.74, 6) is 0. The Labute approximate surface area is 120 Å². The summed E-state index contributed by atoms with van der Waals surface area (Å²) in [6.45, 7) is 4.28. The molecule has 1 atom stereocenters. The van der Waals surface area contributed by atoms with E-state index in [-0.39, 0.29) is 6.03 Å². The molecule has 102 valence electrons. The quantitative estimate of drug-likeness (QED) is 0.805. The second-order valence-corrected chi connectivity index (χ2v) is 6.08. The lowest BCUT2D eigenvalue weighted by molar-refractivity contribution is 0.116. The molecule has 0 spiro atoms. The van der Waals surface area contributed by atoms with Gasteiger partial charge in [-0.15, -0.1) is 0 Å². The molecular formula is C13H17BrN4O. The molecule has 2 fully saturated rings. The van der Waals surface area contributed by atoms with Gasteiger partial charge in [0.25, 0.3) is 0 Å². The monoisotopic (exact) mass is 324 g/mol. The molecule has 1 unspecified atom stereocenters. The molecule has 0 aliphatic carbocycles. The van der Waals surface area contributed by atoms with E-state index in [1.54, 1.807) is 0 Å². The number of carbonyl (C=O) groups is 1. The van der Waals surface area contributed by atoms with Crippen molar-refractivity contribution in [2.45, 2.75) is 12.6 Å². The van der Waals surface area contributed by atoms with Crippen LogP contribution in [-0.4, -0.2) is 48.1 Å². The van der Waals surface area contributed by atoms with Crippen LogP contribution < -0.4 is 11.1 Å². The molecule has 2 aliphatic heterocycles. The molecular weight excluding hydrogens is 308 g/mol. The Kier molecular flexibility index (Phi) is 3.36. The number of nitrogens with one attached hydrogen (secondary N) is 1. The van der Waals surface area contributed by atoms with Gasteiger partial charge in [-0.25, -0.2) is 4.79 Å². The highest BCUT2D eigenvalue weighted by Gasteiger charge is 2.35. The molecule has 0 aromatic heterocycles. The first-order valence-corrected chi connectivity index (χ1v) is 7.23. The predicted molar refractivity (Wildman–Crippen MR) is 77.7 cm³/mol. The molecule has 6 heteroatoms. The third-order valence-corrected chi connectivity index (χ3v) is 4.16. The number of nitrogens with two attached hydrogens (primary N) is 1. The number of anilines is 1. The molecule has 1 aromatic carbocycles. The Morgan fingerprint density at radius 2 is 2.21 bits per heavy atom. The van der Waals surface area contributed by atoms with E-state index in [1.165, 1.54) is 5.56 Å². The maximum Gasteiger partial charge on any atom is 0.317 e. The summed E-state index contributed by atoms with van der Waals surface area (Å²) in [6, 6.07) is 6.40. The molecule has 0 radical (unpaired) electrons. The SMILES string of the molecule is Nc1cc(Br)cc(CN2CCN3C(=O)NCC3C2)c1. The predicted octanol–water partition coefficient (Wildman–Crippen LogP) is 1.24.